The smallest absolute Gasteiger partial charge is 0.321 e. The van der Waals surface area contributed by atoms with E-state index in [1.165, 1.54) is 7.11 Å². The van der Waals surface area contributed by atoms with Crippen LogP contribution in [0.25, 0.3) is 0 Å². The fourth-order valence-corrected chi connectivity index (χ4v) is 1.57. The van der Waals surface area contributed by atoms with Crippen molar-refractivity contribution < 1.29 is 14.3 Å². The number of amides is 1. The van der Waals surface area contributed by atoms with Crippen LogP contribution < -0.4 is 5.32 Å². The summed E-state index contributed by atoms with van der Waals surface area (Å²) in [4.78, 5) is 21.8. The number of hydrogen-bond donors (Lipinski definition) is 1. The first-order valence-corrected chi connectivity index (χ1v) is 5.47. The van der Waals surface area contributed by atoms with Crippen LogP contribution in [0, 0.1) is 11.8 Å². The average molecular weight is 264 g/mol. The number of hydrogen-bond acceptors (Lipinski definition) is 3. The van der Waals surface area contributed by atoms with Crippen LogP contribution in [0.5, 0.6) is 0 Å². The van der Waals surface area contributed by atoms with E-state index in [-0.39, 0.29) is 24.3 Å². The number of carbonyl (C=O) groups excluding carboxylic acids is 2. The fraction of sp³-hybridized carbons (Fsp3) is 0.778. The lowest BCUT2D eigenvalue weighted by Crippen LogP contribution is -2.34. The molecule has 4 nitrogen and oxygen atoms in total. The zero-order valence-electron chi connectivity index (χ0n) is 8.25. The van der Waals surface area contributed by atoms with Crippen LogP contribution in [0.1, 0.15) is 13.3 Å². The van der Waals surface area contributed by atoms with Gasteiger partial charge in [-0.3, -0.25) is 9.59 Å². The second kappa shape index (κ2) is 4.77. The fourth-order valence-electron chi connectivity index (χ4n) is 1.22. The van der Waals surface area contributed by atoms with Gasteiger partial charge >= 0.3 is 5.97 Å². The van der Waals surface area contributed by atoms with Gasteiger partial charge in [0.25, 0.3) is 0 Å². The summed E-state index contributed by atoms with van der Waals surface area (Å²) in [6.45, 7) is 2.32. The average Bonchev–Trinajstić information content (AvgIpc) is 2.90. The first-order chi connectivity index (χ1) is 6.56. The van der Waals surface area contributed by atoms with E-state index in [1.807, 2.05) is 6.92 Å². The van der Waals surface area contributed by atoms with Crippen molar-refractivity contribution in [3.8, 4) is 0 Å². The SMILES string of the molecule is COC(=O)C(Br)CNC(=O)C1CC1C. The lowest BCUT2D eigenvalue weighted by Gasteiger charge is -2.08. The van der Waals surface area contributed by atoms with E-state index in [1.54, 1.807) is 0 Å². The molecule has 1 fully saturated rings. The maximum absolute atomic E-state index is 11.3. The number of alkyl halides is 1. The number of rotatable bonds is 4. The molecular weight excluding hydrogens is 250 g/mol. The van der Waals surface area contributed by atoms with E-state index < -0.39 is 4.83 Å². The number of esters is 1. The molecule has 1 rings (SSSR count). The predicted octanol–water partition coefficient (Wildman–Crippen LogP) is 0.695. The van der Waals surface area contributed by atoms with Crippen molar-refractivity contribution in [2.24, 2.45) is 11.8 Å². The van der Waals surface area contributed by atoms with Crippen LogP contribution in [0.4, 0.5) is 0 Å². The van der Waals surface area contributed by atoms with Crippen LogP contribution in [0.2, 0.25) is 0 Å². The molecule has 1 amide bonds. The van der Waals surface area contributed by atoms with Crippen molar-refractivity contribution in [3.63, 3.8) is 0 Å². The summed E-state index contributed by atoms with van der Waals surface area (Å²) < 4.78 is 4.50. The second-order valence-electron chi connectivity index (χ2n) is 3.56. The number of nitrogens with one attached hydrogen (secondary N) is 1. The Morgan fingerprint density at radius 3 is 2.64 bits per heavy atom. The normalized spacial score (nSPS) is 26.5. The molecule has 5 heteroatoms. The van der Waals surface area contributed by atoms with E-state index >= 15 is 0 Å². The summed E-state index contributed by atoms with van der Waals surface area (Å²) in [6, 6.07) is 0. The van der Waals surface area contributed by atoms with Gasteiger partial charge in [0.2, 0.25) is 5.91 Å². The Hall–Kier alpha value is -0.580. The van der Waals surface area contributed by atoms with Crippen LogP contribution in [0.15, 0.2) is 0 Å². The van der Waals surface area contributed by atoms with Gasteiger partial charge in [0.15, 0.2) is 0 Å². The van der Waals surface area contributed by atoms with Gasteiger partial charge in [-0.05, 0) is 12.3 Å². The molecule has 0 radical (unpaired) electrons. The van der Waals surface area contributed by atoms with Crippen LogP contribution >= 0.6 is 15.9 Å². The summed E-state index contributed by atoms with van der Waals surface area (Å²) in [5, 5.41) is 2.70. The number of ether oxygens (including phenoxy) is 1. The summed E-state index contributed by atoms with van der Waals surface area (Å²) in [5.74, 6) is 0.300. The molecule has 0 aromatic rings. The Morgan fingerprint density at radius 2 is 2.21 bits per heavy atom. The molecule has 0 bridgehead atoms. The third-order valence-corrected chi connectivity index (χ3v) is 3.06. The van der Waals surface area contributed by atoms with Crippen molar-refractivity contribution >= 4 is 27.8 Å². The van der Waals surface area contributed by atoms with Crippen molar-refractivity contribution in [2.75, 3.05) is 13.7 Å². The van der Waals surface area contributed by atoms with Gasteiger partial charge in [-0.2, -0.15) is 0 Å². The molecule has 0 saturated heterocycles. The van der Waals surface area contributed by atoms with Gasteiger partial charge in [0.1, 0.15) is 4.83 Å². The molecule has 1 aliphatic rings. The van der Waals surface area contributed by atoms with E-state index in [4.69, 9.17) is 0 Å². The monoisotopic (exact) mass is 263 g/mol. The predicted molar refractivity (Wildman–Crippen MR) is 55.0 cm³/mol. The maximum atomic E-state index is 11.3. The van der Waals surface area contributed by atoms with E-state index in [9.17, 15) is 9.59 Å². The minimum absolute atomic E-state index is 0.0332. The van der Waals surface area contributed by atoms with Gasteiger partial charge in [0, 0.05) is 12.5 Å². The summed E-state index contributed by atoms with van der Waals surface area (Å²) >= 11 is 3.13. The number of methoxy groups -OCH3 is 1. The molecule has 1 aliphatic carbocycles. The molecule has 1 N–H and O–H groups in total. The Labute approximate surface area is 91.5 Å². The van der Waals surface area contributed by atoms with E-state index in [0.29, 0.717) is 5.92 Å². The lowest BCUT2D eigenvalue weighted by atomic mass is 10.3. The molecule has 0 heterocycles. The van der Waals surface area contributed by atoms with Crippen molar-refractivity contribution in [2.45, 2.75) is 18.2 Å². The highest BCUT2D eigenvalue weighted by atomic mass is 79.9. The Bertz CT molecular complexity index is 244. The summed E-state index contributed by atoms with van der Waals surface area (Å²) in [6.07, 6.45) is 0.955. The first kappa shape index (κ1) is 11.5. The van der Waals surface area contributed by atoms with Crippen molar-refractivity contribution in [1.82, 2.24) is 5.32 Å². The molecule has 1 saturated carbocycles. The summed E-state index contributed by atoms with van der Waals surface area (Å²) in [5.41, 5.74) is 0. The topological polar surface area (TPSA) is 55.4 Å². The Morgan fingerprint density at radius 1 is 1.64 bits per heavy atom. The van der Waals surface area contributed by atoms with Gasteiger partial charge in [-0.1, -0.05) is 22.9 Å². The van der Waals surface area contributed by atoms with Crippen molar-refractivity contribution in [3.05, 3.63) is 0 Å². The highest BCUT2D eigenvalue weighted by Crippen LogP contribution is 2.37. The zero-order valence-corrected chi connectivity index (χ0v) is 9.83. The number of carbonyl (C=O) groups is 2. The maximum Gasteiger partial charge on any atom is 0.321 e. The lowest BCUT2D eigenvalue weighted by molar-refractivity contribution is -0.139. The Kier molecular flexibility index (Phi) is 3.92. The highest BCUT2D eigenvalue weighted by molar-refractivity contribution is 9.10. The highest BCUT2D eigenvalue weighted by Gasteiger charge is 2.39. The summed E-state index contributed by atoms with van der Waals surface area (Å²) in [7, 11) is 1.32. The molecule has 0 aromatic carbocycles. The second-order valence-corrected chi connectivity index (χ2v) is 4.66. The quantitative estimate of drug-likeness (QED) is 0.600. The van der Waals surface area contributed by atoms with Crippen LogP contribution in [0.3, 0.4) is 0 Å². The van der Waals surface area contributed by atoms with Gasteiger partial charge in [-0.15, -0.1) is 0 Å². The molecule has 0 aliphatic heterocycles. The van der Waals surface area contributed by atoms with Gasteiger partial charge in [0.05, 0.1) is 7.11 Å². The molecular formula is C9H14BrNO3. The molecule has 14 heavy (non-hydrogen) atoms. The Balaban J connectivity index is 2.20. The third kappa shape index (κ3) is 2.97. The molecule has 80 valence electrons. The van der Waals surface area contributed by atoms with Crippen molar-refractivity contribution in [1.29, 1.82) is 0 Å². The van der Waals surface area contributed by atoms with E-state index in [0.717, 1.165) is 6.42 Å². The standard InChI is InChI=1S/C9H14BrNO3/c1-5-3-6(5)8(12)11-4-7(10)9(13)14-2/h5-7H,3-4H2,1-2H3,(H,11,12). The zero-order chi connectivity index (χ0) is 10.7. The molecule has 3 atom stereocenters. The van der Waals surface area contributed by atoms with Gasteiger partial charge in [-0.25, -0.2) is 0 Å². The largest absolute Gasteiger partial charge is 0.468 e. The van der Waals surface area contributed by atoms with Crippen LogP contribution in [-0.2, 0) is 14.3 Å². The number of halogens is 1. The molecule has 3 unspecified atom stereocenters. The van der Waals surface area contributed by atoms with E-state index in [2.05, 4.69) is 26.0 Å². The third-order valence-electron chi connectivity index (χ3n) is 2.36. The molecule has 0 spiro atoms. The minimum atomic E-state index is -0.453. The minimum Gasteiger partial charge on any atom is -0.468 e. The van der Waals surface area contributed by atoms with Gasteiger partial charge < -0.3 is 10.1 Å². The first-order valence-electron chi connectivity index (χ1n) is 4.56. The molecule has 0 aromatic heterocycles. The van der Waals surface area contributed by atoms with Crippen LogP contribution in [-0.4, -0.2) is 30.4 Å².